The van der Waals surface area contributed by atoms with Crippen LogP contribution in [0, 0.1) is 0 Å². The summed E-state index contributed by atoms with van der Waals surface area (Å²) < 4.78 is 6.15. The zero-order valence-electron chi connectivity index (χ0n) is 35.9. The number of rotatable bonds is 15. The molecule has 0 saturated heterocycles. The van der Waals surface area contributed by atoms with Crippen molar-refractivity contribution in [1.82, 2.24) is 5.32 Å². The fourth-order valence-corrected chi connectivity index (χ4v) is 8.21. The van der Waals surface area contributed by atoms with Gasteiger partial charge in [-0.15, -0.1) is 23.5 Å². The second-order valence-corrected chi connectivity index (χ2v) is 22.2. The maximum absolute atomic E-state index is 11.2. The molecule has 0 saturated carbocycles. The van der Waals surface area contributed by atoms with Gasteiger partial charge >= 0.3 is 5.97 Å². The van der Waals surface area contributed by atoms with Crippen molar-refractivity contribution in [3.8, 4) is 11.5 Å². The molecule has 8 N–H and O–H groups in total. The average Bonchev–Trinajstić information content (AvgIpc) is 3.00. The standard InChI is InChI=1S/C35H54O4S2.C7H17NO5.H2S/c1-31(2,3)24-18-22(19-25(29(24)38)32(4,5)6)40-35(13,14)41-23-20-26(33(7,8)9)30(27(21-23)34(10,11)12)39-17-15-16-28(36)37;1-8-2-4(10)6(12)7(13)5(11)3-9;/h18-21,38H,15-17H2,1-14H3,(H,36,37);4-13H,2-3H2,1H3;1H2/t;4-,5+,6+,7+;/m.0./s1. The Morgan fingerprint density at radius 2 is 1.05 bits per heavy atom. The fraction of sp³-hybridized carbons (Fsp3) is 0.690. The van der Waals surface area contributed by atoms with Gasteiger partial charge in [0, 0.05) is 45.0 Å². The highest BCUT2D eigenvalue weighted by atomic mass is 32.2. The molecule has 0 aromatic heterocycles. The van der Waals surface area contributed by atoms with Crippen molar-refractivity contribution in [2.24, 2.45) is 0 Å². The first-order valence-corrected chi connectivity index (χ1v) is 20.3. The number of likely N-dealkylation sites (N-methyl/N-ethyl adjacent to an activating group) is 1. The molecule has 2 rings (SSSR count). The molecule has 0 aliphatic heterocycles. The van der Waals surface area contributed by atoms with Crippen LogP contribution in [0.2, 0.25) is 0 Å². The third-order valence-corrected chi connectivity index (χ3v) is 11.1. The summed E-state index contributed by atoms with van der Waals surface area (Å²) in [7, 11) is 1.57. The zero-order valence-corrected chi connectivity index (χ0v) is 38.6. The van der Waals surface area contributed by atoms with Crippen molar-refractivity contribution < 1.29 is 45.3 Å². The minimum Gasteiger partial charge on any atom is -0.507 e. The highest BCUT2D eigenvalue weighted by molar-refractivity contribution is 8.18. The van der Waals surface area contributed by atoms with Gasteiger partial charge in [-0.25, -0.2) is 0 Å². The first-order valence-electron chi connectivity index (χ1n) is 18.6. The highest BCUT2D eigenvalue weighted by Gasteiger charge is 2.33. The molecule has 318 valence electrons. The molecule has 0 bridgehead atoms. The second-order valence-electron chi connectivity index (χ2n) is 18.5. The van der Waals surface area contributed by atoms with E-state index < -0.39 is 37.0 Å². The maximum Gasteiger partial charge on any atom is 0.303 e. The van der Waals surface area contributed by atoms with Crippen molar-refractivity contribution in [3.63, 3.8) is 0 Å². The number of aromatic hydroxyl groups is 1. The van der Waals surface area contributed by atoms with E-state index in [1.165, 1.54) is 4.90 Å². The number of ether oxygens (including phenoxy) is 1. The summed E-state index contributed by atoms with van der Waals surface area (Å²) in [6.45, 7) is 30.4. The van der Waals surface area contributed by atoms with E-state index in [4.69, 9.17) is 30.3 Å². The monoisotopic (exact) mass is 831 g/mol. The predicted molar refractivity (Wildman–Crippen MR) is 233 cm³/mol. The Bertz CT molecular complexity index is 1440. The number of thioether (sulfide) groups is 2. The van der Waals surface area contributed by atoms with Crippen LogP contribution in [-0.4, -0.2) is 97.0 Å². The topological polar surface area (TPSA) is 180 Å². The van der Waals surface area contributed by atoms with Crippen LogP contribution in [0.3, 0.4) is 0 Å². The van der Waals surface area contributed by atoms with Gasteiger partial charge in [0.05, 0.1) is 23.4 Å². The van der Waals surface area contributed by atoms with E-state index in [-0.39, 0.29) is 52.2 Å². The van der Waals surface area contributed by atoms with Gasteiger partial charge in [0.25, 0.3) is 0 Å². The molecule has 55 heavy (non-hydrogen) atoms. The third-order valence-electron chi connectivity index (χ3n) is 8.63. The van der Waals surface area contributed by atoms with Crippen molar-refractivity contribution in [2.75, 3.05) is 26.8 Å². The Morgan fingerprint density at radius 3 is 1.38 bits per heavy atom. The molecular weight excluding hydrogens is 759 g/mol. The van der Waals surface area contributed by atoms with E-state index in [2.05, 4.69) is 127 Å². The number of carboxylic acid groups (broad SMARTS) is 1. The van der Waals surface area contributed by atoms with Crippen molar-refractivity contribution >= 4 is 43.0 Å². The SMILES string of the molecule is CC(C)(Sc1cc(C(C)(C)C)c(O)c(C(C)(C)C)c1)Sc1cc(C(C)(C)C)c(OCCCC(=O)O)c(C(C)(C)C)c1.CNC[C@H](O)[C@@H](O)[C@H](O)[C@H](O)CO.S. The molecule has 13 heteroatoms. The Labute approximate surface area is 346 Å². The Morgan fingerprint density at radius 1 is 0.691 bits per heavy atom. The van der Waals surface area contributed by atoms with E-state index >= 15 is 0 Å². The van der Waals surface area contributed by atoms with Crippen molar-refractivity contribution in [2.45, 2.75) is 170 Å². The number of hydrogen-bond acceptors (Lipinski definition) is 11. The molecule has 0 radical (unpaired) electrons. The van der Waals surface area contributed by atoms with Gasteiger partial charge in [-0.2, -0.15) is 13.5 Å². The number of aliphatic hydroxyl groups excluding tert-OH is 5. The van der Waals surface area contributed by atoms with Crippen LogP contribution in [0.5, 0.6) is 11.5 Å². The molecule has 2 aromatic carbocycles. The molecule has 0 amide bonds. The predicted octanol–water partition coefficient (Wildman–Crippen LogP) is 7.20. The lowest BCUT2D eigenvalue weighted by Gasteiger charge is -2.32. The molecule has 0 fully saturated rings. The summed E-state index contributed by atoms with van der Waals surface area (Å²) in [5.41, 5.74) is 3.55. The van der Waals surface area contributed by atoms with Gasteiger partial charge in [-0.1, -0.05) is 83.1 Å². The van der Waals surface area contributed by atoms with Crippen molar-refractivity contribution in [1.29, 1.82) is 0 Å². The van der Waals surface area contributed by atoms with Gasteiger partial charge in [0.15, 0.2) is 0 Å². The average molecular weight is 832 g/mol. The third kappa shape index (κ3) is 17.0. The number of nitrogens with one attached hydrogen (secondary N) is 1. The first-order chi connectivity index (χ1) is 24.4. The largest absolute Gasteiger partial charge is 0.507 e. The molecule has 2 aromatic rings. The van der Waals surface area contributed by atoms with Crippen LogP contribution < -0.4 is 10.1 Å². The number of benzene rings is 2. The summed E-state index contributed by atoms with van der Waals surface area (Å²) in [6.07, 6.45) is -5.08. The van der Waals surface area contributed by atoms with Crippen LogP contribution in [-0.2, 0) is 26.5 Å². The normalized spacial score (nSPS) is 14.9. The summed E-state index contributed by atoms with van der Waals surface area (Å²) >= 11 is 3.67. The zero-order chi connectivity index (χ0) is 42.2. The van der Waals surface area contributed by atoms with E-state index in [1.807, 2.05) is 23.5 Å². The lowest BCUT2D eigenvalue weighted by molar-refractivity contribution is -0.137. The van der Waals surface area contributed by atoms with Gasteiger partial charge < -0.3 is 45.8 Å². The summed E-state index contributed by atoms with van der Waals surface area (Å²) in [5, 5.41) is 67.8. The highest BCUT2D eigenvalue weighted by Crippen LogP contribution is 2.51. The summed E-state index contributed by atoms with van der Waals surface area (Å²) in [4.78, 5) is 13.4. The molecule has 4 atom stereocenters. The number of hydrogen-bond donors (Lipinski definition) is 8. The number of aliphatic hydroxyl groups is 5. The van der Waals surface area contributed by atoms with Gasteiger partial charge in [0.2, 0.25) is 0 Å². The van der Waals surface area contributed by atoms with E-state index in [1.54, 1.807) is 7.05 Å². The quantitative estimate of drug-likeness (QED) is 0.0515. The Balaban J connectivity index is 0.00000177. The molecule has 0 unspecified atom stereocenters. The van der Waals surface area contributed by atoms with E-state index in [9.17, 15) is 15.0 Å². The van der Waals surface area contributed by atoms with E-state index in [0.29, 0.717) is 18.8 Å². The lowest BCUT2D eigenvalue weighted by atomic mass is 9.79. The van der Waals surface area contributed by atoms with E-state index in [0.717, 1.165) is 32.9 Å². The summed E-state index contributed by atoms with van der Waals surface area (Å²) in [6, 6.07) is 8.83. The Kier molecular flexibility index (Phi) is 20.7. The summed E-state index contributed by atoms with van der Waals surface area (Å²) in [5.74, 6) is 0.488. The molecule has 0 spiro atoms. The molecular formula is C42H73NO9S3. The van der Waals surface area contributed by atoms with Crippen LogP contribution >= 0.6 is 37.0 Å². The number of carboxylic acids is 1. The molecule has 0 heterocycles. The van der Waals surface area contributed by atoms with Gasteiger partial charge in [-0.3, -0.25) is 4.79 Å². The van der Waals surface area contributed by atoms with Crippen LogP contribution in [0.25, 0.3) is 0 Å². The fourth-order valence-electron chi connectivity index (χ4n) is 5.62. The number of carbonyl (C=O) groups is 1. The second kappa shape index (κ2) is 21.4. The van der Waals surface area contributed by atoms with Crippen LogP contribution in [0.15, 0.2) is 34.1 Å². The van der Waals surface area contributed by atoms with Crippen molar-refractivity contribution in [3.05, 3.63) is 46.5 Å². The van der Waals surface area contributed by atoms with Crippen LogP contribution in [0.4, 0.5) is 0 Å². The minimum absolute atomic E-state index is 0. The number of aliphatic carboxylic acids is 1. The van der Waals surface area contributed by atoms with Crippen LogP contribution in [0.1, 0.15) is 132 Å². The lowest BCUT2D eigenvalue weighted by Crippen LogP contribution is -2.48. The molecule has 0 aliphatic rings. The maximum atomic E-state index is 11.2. The minimum atomic E-state index is -1.55. The molecule has 0 aliphatic carbocycles. The first kappa shape index (κ1) is 53.3. The number of phenols is 1. The molecule has 10 nitrogen and oxygen atoms in total. The number of phenolic OH excluding ortho intramolecular Hbond substituents is 1. The van der Waals surface area contributed by atoms with Gasteiger partial charge in [-0.05, 0) is 73.2 Å². The van der Waals surface area contributed by atoms with Gasteiger partial charge in [0.1, 0.15) is 29.8 Å². The smallest absolute Gasteiger partial charge is 0.303 e. The Hall–Kier alpha value is -1.68.